The quantitative estimate of drug-likeness (QED) is 0.0490. The van der Waals surface area contributed by atoms with E-state index in [1.807, 2.05) is 0 Å². The van der Waals surface area contributed by atoms with E-state index in [-0.39, 0.29) is 18.0 Å². The van der Waals surface area contributed by atoms with Crippen molar-refractivity contribution in [2.75, 3.05) is 0 Å². The molecule has 0 aromatic rings. The molecule has 0 fully saturated rings. The topological polar surface area (TPSA) is 26.3 Å². The van der Waals surface area contributed by atoms with Gasteiger partial charge in [-0.05, 0) is 26.2 Å². The fourth-order valence-corrected chi connectivity index (χ4v) is 7.00. The Morgan fingerprint density at radius 2 is 0.565 bits per heavy atom. The first-order valence-corrected chi connectivity index (χ1v) is 21.8. The lowest BCUT2D eigenvalue weighted by atomic mass is 10.0. The minimum absolute atomic E-state index is 0.0337. The highest BCUT2D eigenvalue weighted by Gasteiger charge is 2.17. The van der Waals surface area contributed by atoms with Gasteiger partial charge in [-0.1, -0.05) is 239 Å². The highest BCUT2D eigenvalue weighted by atomic mass is 16.5. The smallest absolute Gasteiger partial charge is 0.308 e. The second-order valence-electron chi connectivity index (χ2n) is 15.4. The van der Waals surface area contributed by atoms with Crippen molar-refractivity contribution >= 4 is 5.97 Å². The van der Waals surface area contributed by atoms with Crippen LogP contribution in [-0.4, -0.2) is 12.1 Å². The summed E-state index contributed by atoms with van der Waals surface area (Å²) in [5.41, 5.74) is 0. The highest BCUT2D eigenvalue weighted by molar-refractivity contribution is 5.72. The number of ether oxygens (including phenoxy) is 1. The molecule has 0 aliphatic rings. The van der Waals surface area contributed by atoms with Crippen LogP contribution in [0.5, 0.6) is 0 Å². The van der Waals surface area contributed by atoms with E-state index < -0.39 is 0 Å². The standard InChI is InChI=1S/C44H88O2/c1-5-7-9-11-13-15-17-19-21-23-25-27-29-31-33-35-37-39-41-43(4)46-44(45)42(3)40-38-36-34-32-30-28-26-24-22-20-18-16-14-12-10-8-6-2/h42-43H,5-41H2,1-4H3. The molecular formula is C44H88O2. The fraction of sp³-hybridized carbons (Fsp3) is 0.977. The van der Waals surface area contributed by atoms with Crippen LogP contribution >= 0.6 is 0 Å². The van der Waals surface area contributed by atoms with E-state index in [9.17, 15) is 4.79 Å². The minimum atomic E-state index is 0.0337. The van der Waals surface area contributed by atoms with Gasteiger partial charge in [0, 0.05) is 0 Å². The van der Waals surface area contributed by atoms with Crippen molar-refractivity contribution in [1.29, 1.82) is 0 Å². The molecule has 0 aromatic heterocycles. The van der Waals surface area contributed by atoms with Crippen LogP contribution in [0.4, 0.5) is 0 Å². The molecular weight excluding hydrogens is 560 g/mol. The van der Waals surface area contributed by atoms with Crippen LogP contribution in [-0.2, 0) is 9.53 Å². The first kappa shape index (κ1) is 45.5. The summed E-state index contributed by atoms with van der Waals surface area (Å²) >= 11 is 0. The van der Waals surface area contributed by atoms with Gasteiger partial charge in [-0.25, -0.2) is 0 Å². The third-order valence-electron chi connectivity index (χ3n) is 10.4. The Hall–Kier alpha value is -0.530. The van der Waals surface area contributed by atoms with Crippen molar-refractivity contribution in [3.05, 3.63) is 0 Å². The number of rotatable bonds is 39. The van der Waals surface area contributed by atoms with Gasteiger partial charge in [-0.2, -0.15) is 0 Å². The van der Waals surface area contributed by atoms with Gasteiger partial charge in [-0.3, -0.25) is 4.79 Å². The number of esters is 1. The molecule has 0 saturated carbocycles. The van der Waals surface area contributed by atoms with E-state index in [4.69, 9.17) is 4.74 Å². The van der Waals surface area contributed by atoms with Crippen LogP contribution in [0.3, 0.4) is 0 Å². The third-order valence-corrected chi connectivity index (χ3v) is 10.4. The molecule has 2 heteroatoms. The summed E-state index contributed by atoms with van der Waals surface area (Å²) in [6, 6.07) is 0. The van der Waals surface area contributed by atoms with E-state index >= 15 is 0 Å². The van der Waals surface area contributed by atoms with Crippen LogP contribution in [0.15, 0.2) is 0 Å². The maximum absolute atomic E-state index is 12.5. The van der Waals surface area contributed by atoms with E-state index in [0.29, 0.717) is 0 Å². The lowest BCUT2D eigenvalue weighted by Crippen LogP contribution is -2.20. The molecule has 0 bridgehead atoms. The van der Waals surface area contributed by atoms with Crippen molar-refractivity contribution in [1.82, 2.24) is 0 Å². The molecule has 0 amide bonds. The van der Waals surface area contributed by atoms with Gasteiger partial charge in [0.25, 0.3) is 0 Å². The lowest BCUT2D eigenvalue weighted by molar-refractivity contribution is -0.153. The molecule has 0 saturated heterocycles. The second kappa shape index (κ2) is 38.9. The molecule has 2 nitrogen and oxygen atoms in total. The van der Waals surface area contributed by atoms with Gasteiger partial charge in [0.05, 0.1) is 12.0 Å². The molecule has 0 N–H and O–H groups in total. The first-order chi connectivity index (χ1) is 22.6. The minimum Gasteiger partial charge on any atom is -0.462 e. The van der Waals surface area contributed by atoms with Crippen LogP contribution in [0.1, 0.15) is 265 Å². The monoisotopic (exact) mass is 649 g/mol. The van der Waals surface area contributed by atoms with Gasteiger partial charge in [0.15, 0.2) is 0 Å². The van der Waals surface area contributed by atoms with E-state index in [0.717, 1.165) is 12.8 Å². The van der Waals surface area contributed by atoms with Gasteiger partial charge in [0.2, 0.25) is 0 Å². The van der Waals surface area contributed by atoms with Gasteiger partial charge < -0.3 is 4.74 Å². The zero-order valence-electron chi connectivity index (χ0n) is 32.6. The number of carbonyl (C=O) groups is 1. The van der Waals surface area contributed by atoms with E-state index in [1.54, 1.807) is 0 Å². The average Bonchev–Trinajstić information content (AvgIpc) is 3.05. The van der Waals surface area contributed by atoms with Crippen LogP contribution < -0.4 is 0 Å². The maximum Gasteiger partial charge on any atom is 0.308 e. The number of unbranched alkanes of at least 4 members (excludes halogenated alkanes) is 33. The Kier molecular flexibility index (Phi) is 38.5. The fourth-order valence-electron chi connectivity index (χ4n) is 7.00. The van der Waals surface area contributed by atoms with E-state index in [2.05, 4.69) is 27.7 Å². The van der Waals surface area contributed by atoms with Crippen molar-refractivity contribution in [2.45, 2.75) is 271 Å². The van der Waals surface area contributed by atoms with Crippen molar-refractivity contribution in [3.8, 4) is 0 Å². The van der Waals surface area contributed by atoms with Crippen LogP contribution in [0, 0.1) is 5.92 Å². The molecule has 0 heterocycles. The zero-order valence-corrected chi connectivity index (χ0v) is 32.6. The molecule has 2 unspecified atom stereocenters. The predicted octanol–water partition coefficient (Wildman–Crippen LogP) is 16.0. The molecule has 0 aromatic carbocycles. The van der Waals surface area contributed by atoms with E-state index in [1.165, 1.54) is 225 Å². The third kappa shape index (κ3) is 36.3. The Balaban J connectivity index is 3.37. The summed E-state index contributed by atoms with van der Waals surface area (Å²) in [7, 11) is 0. The summed E-state index contributed by atoms with van der Waals surface area (Å²) in [6.45, 7) is 8.75. The largest absolute Gasteiger partial charge is 0.462 e. The average molecular weight is 649 g/mol. The molecule has 0 aliphatic carbocycles. The number of hydrogen-bond donors (Lipinski definition) is 0. The predicted molar refractivity (Wildman–Crippen MR) is 207 cm³/mol. The molecule has 46 heavy (non-hydrogen) atoms. The highest BCUT2D eigenvalue weighted by Crippen LogP contribution is 2.18. The summed E-state index contributed by atoms with van der Waals surface area (Å²) in [5.74, 6) is 0.0884. The summed E-state index contributed by atoms with van der Waals surface area (Å²) in [4.78, 5) is 12.5. The van der Waals surface area contributed by atoms with Crippen molar-refractivity contribution in [3.63, 3.8) is 0 Å². The molecule has 0 radical (unpaired) electrons. The maximum atomic E-state index is 12.5. The second-order valence-corrected chi connectivity index (χ2v) is 15.4. The summed E-state index contributed by atoms with van der Waals surface area (Å²) < 4.78 is 5.79. The summed E-state index contributed by atoms with van der Waals surface area (Å²) in [5, 5.41) is 0. The Labute approximate surface area is 292 Å². The van der Waals surface area contributed by atoms with Crippen LogP contribution in [0.2, 0.25) is 0 Å². The Morgan fingerprint density at radius 1 is 0.348 bits per heavy atom. The number of carbonyl (C=O) groups excluding carboxylic acids is 1. The first-order valence-electron chi connectivity index (χ1n) is 21.8. The molecule has 276 valence electrons. The van der Waals surface area contributed by atoms with Crippen molar-refractivity contribution in [2.24, 2.45) is 5.92 Å². The SMILES string of the molecule is CCCCCCCCCCCCCCCCCCCCC(C)OC(=O)C(C)CCCCCCCCCCCCCCCCCCC. The molecule has 0 aliphatic heterocycles. The molecule has 0 spiro atoms. The zero-order chi connectivity index (χ0) is 33.6. The van der Waals surface area contributed by atoms with Gasteiger partial charge >= 0.3 is 5.97 Å². The number of hydrogen-bond acceptors (Lipinski definition) is 2. The Morgan fingerprint density at radius 3 is 0.826 bits per heavy atom. The Bertz CT molecular complexity index is 572. The van der Waals surface area contributed by atoms with Gasteiger partial charge in [-0.15, -0.1) is 0 Å². The lowest BCUT2D eigenvalue weighted by Gasteiger charge is -2.17. The van der Waals surface area contributed by atoms with Crippen LogP contribution in [0.25, 0.3) is 0 Å². The normalized spacial score (nSPS) is 12.9. The summed E-state index contributed by atoms with van der Waals surface area (Å²) in [6.07, 6.45) is 51.2. The van der Waals surface area contributed by atoms with Crippen molar-refractivity contribution < 1.29 is 9.53 Å². The molecule has 2 atom stereocenters. The molecule has 0 rings (SSSR count). The van der Waals surface area contributed by atoms with Gasteiger partial charge in [0.1, 0.15) is 0 Å².